The van der Waals surface area contributed by atoms with Crippen LogP contribution in [0.15, 0.2) is 23.0 Å². The smallest absolute Gasteiger partial charge is 0.258 e. The minimum absolute atomic E-state index is 0.00294. The van der Waals surface area contributed by atoms with Gasteiger partial charge in [-0.05, 0) is 57.1 Å². The summed E-state index contributed by atoms with van der Waals surface area (Å²) in [5.41, 5.74) is 1.68. The van der Waals surface area contributed by atoms with Crippen molar-refractivity contribution in [1.29, 1.82) is 0 Å². The molecule has 1 amide bonds. The molecule has 1 aromatic heterocycles. The summed E-state index contributed by atoms with van der Waals surface area (Å²) in [7, 11) is 0. The van der Waals surface area contributed by atoms with Crippen molar-refractivity contribution in [3.63, 3.8) is 0 Å². The molecule has 4 heterocycles. The lowest BCUT2D eigenvalue weighted by molar-refractivity contribution is -0.139. The van der Waals surface area contributed by atoms with Gasteiger partial charge < -0.3 is 14.6 Å². The first kappa shape index (κ1) is 21.9. The molecule has 1 N–H and O–H groups in total. The van der Waals surface area contributed by atoms with Gasteiger partial charge in [-0.15, -0.1) is 0 Å². The lowest BCUT2D eigenvalue weighted by atomic mass is 9.85. The number of likely N-dealkylation sites (tertiary alicyclic amines) is 1. The van der Waals surface area contributed by atoms with Crippen LogP contribution in [-0.2, 0) is 11.3 Å². The summed E-state index contributed by atoms with van der Waals surface area (Å²) in [6.45, 7) is 5.10. The molecule has 174 valence electrons. The maximum atomic E-state index is 13.8. The van der Waals surface area contributed by atoms with Gasteiger partial charge in [-0.2, -0.15) is 0 Å². The first-order valence-electron chi connectivity index (χ1n) is 12.7. The maximum Gasteiger partial charge on any atom is 0.258 e. The zero-order chi connectivity index (χ0) is 22.2. The lowest BCUT2D eigenvalue weighted by Crippen LogP contribution is -2.48. The Morgan fingerprint density at radius 3 is 2.56 bits per heavy atom. The van der Waals surface area contributed by atoms with E-state index >= 15 is 0 Å². The third kappa shape index (κ3) is 3.65. The van der Waals surface area contributed by atoms with Crippen molar-refractivity contribution in [3.8, 4) is 0 Å². The SMILES string of the molecule is C/C=C\c1ccc2n(c1=O)C[C@H]1[C@H](CO)[C@@H](C(=O)N3CCCCC3)[C@@H]2N1CC1CCCC1. The van der Waals surface area contributed by atoms with Gasteiger partial charge in [0.15, 0.2) is 0 Å². The molecule has 4 atom stereocenters. The minimum atomic E-state index is -0.273. The van der Waals surface area contributed by atoms with Gasteiger partial charge in [0.25, 0.3) is 5.56 Å². The van der Waals surface area contributed by atoms with Gasteiger partial charge in [-0.1, -0.05) is 25.0 Å². The standard InChI is InChI=1S/C26H37N3O3/c1-2-8-19-11-12-21-24-23(26(32)27-13-6-3-7-14-27)20(17-30)22(16-29(21)25(19)31)28(24)15-18-9-4-5-10-18/h2,8,11-12,18,20,22-24,30H,3-7,9-10,13-17H2,1H3/b8-2-/t20-,22-,23+,24+/m0/s1. The quantitative estimate of drug-likeness (QED) is 0.766. The number of hydrogen-bond acceptors (Lipinski definition) is 4. The van der Waals surface area contributed by atoms with Crippen LogP contribution in [0.5, 0.6) is 0 Å². The summed E-state index contributed by atoms with van der Waals surface area (Å²) < 4.78 is 1.90. The Balaban J connectivity index is 1.57. The van der Waals surface area contributed by atoms with Crippen LogP contribution in [0.3, 0.4) is 0 Å². The van der Waals surface area contributed by atoms with Gasteiger partial charge >= 0.3 is 0 Å². The van der Waals surface area contributed by atoms with Crippen LogP contribution in [-0.4, -0.2) is 57.7 Å². The Morgan fingerprint density at radius 2 is 1.88 bits per heavy atom. The molecule has 0 unspecified atom stereocenters. The molecule has 2 saturated heterocycles. The Labute approximate surface area is 190 Å². The Hall–Kier alpha value is -1.92. The number of aliphatic hydroxyl groups is 1. The van der Waals surface area contributed by atoms with Crippen LogP contribution in [0.4, 0.5) is 0 Å². The van der Waals surface area contributed by atoms with Crippen molar-refractivity contribution >= 4 is 12.0 Å². The summed E-state index contributed by atoms with van der Waals surface area (Å²) in [5.74, 6) is 0.445. The fourth-order valence-corrected chi connectivity index (χ4v) is 6.89. The van der Waals surface area contributed by atoms with Gasteiger partial charge in [0, 0.05) is 56.0 Å². The van der Waals surface area contributed by atoms with Crippen molar-refractivity contribution in [2.24, 2.45) is 17.8 Å². The summed E-state index contributed by atoms with van der Waals surface area (Å²) in [6.07, 6.45) is 12.1. The second-order valence-corrected chi connectivity index (χ2v) is 10.2. The van der Waals surface area contributed by atoms with E-state index in [0.717, 1.165) is 38.2 Å². The van der Waals surface area contributed by atoms with E-state index in [2.05, 4.69) is 11.0 Å². The summed E-state index contributed by atoms with van der Waals surface area (Å²) in [5, 5.41) is 10.5. The number of aliphatic hydroxyl groups excluding tert-OH is 1. The lowest BCUT2D eigenvalue weighted by Gasteiger charge is -2.40. The molecular weight excluding hydrogens is 402 g/mol. The summed E-state index contributed by atoms with van der Waals surface area (Å²) in [4.78, 5) is 31.7. The van der Waals surface area contributed by atoms with E-state index < -0.39 is 0 Å². The average Bonchev–Trinajstić information content (AvgIpc) is 3.40. The molecule has 0 radical (unpaired) electrons. The summed E-state index contributed by atoms with van der Waals surface area (Å²) >= 11 is 0. The Kier molecular flexibility index (Phi) is 6.26. The van der Waals surface area contributed by atoms with Crippen molar-refractivity contribution in [3.05, 3.63) is 39.8 Å². The topological polar surface area (TPSA) is 65.8 Å². The number of rotatable bonds is 5. The highest BCUT2D eigenvalue weighted by molar-refractivity contribution is 5.81. The van der Waals surface area contributed by atoms with Gasteiger partial charge in [0.2, 0.25) is 5.91 Å². The van der Waals surface area contributed by atoms with E-state index in [9.17, 15) is 14.7 Å². The van der Waals surface area contributed by atoms with Gasteiger partial charge in [-0.3, -0.25) is 14.5 Å². The number of hydrogen-bond donors (Lipinski definition) is 1. The zero-order valence-corrected chi connectivity index (χ0v) is 19.3. The molecule has 0 aromatic carbocycles. The van der Waals surface area contributed by atoms with Gasteiger partial charge in [0.1, 0.15) is 0 Å². The Morgan fingerprint density at radius 1 is 1.12 bits per heavy atom. The first-order valence-corrected chi connectivity index (χ1v) is 12.7. The molecule has 3 fully saturated rings. The third-order valence-electron chi connectivity index (χ3n) is 8.44. The molecule has 1 saturated carbocycles. The monoisotopic (exact) mass is 439 g/mol. The molecule has 32 heavy (non-hydrogen) atoms. The van der Waals surface area contributed by atoms with E-state index in [1.165, 1.54) is 32.1 Å². The molecule has 6 nitrogen and oxygen atoms in total. The zero-order valence-electron chi connectivity index (χ0n) is 19.3. The van der Waals surface area contributed by atoms with Crippen molar-refractivity contribution < 1.29 is 9.90 Å². The number of aromatic nitrogens is 1. The number of allylic oxidation sites excluding steroid dienone is 1. The number of fused-ring (bicyclic) bond motifs is 4. The van der Waals surface area contributed by atoms with Crippen molar-refractivity contribution in [2.45, 2.75) is 70.5 Å². The molecule has 2 bridgehead atoms. The average molecular weight is 440 g/mol. The fraction of sp³-hybridized carbons (Fsp3) is 0.692. The number of piperidine rings is 1. The maximum absolute atomic E-state index is 13.8. The van der Waals surface area contributed by atoms with E-state index in [-0.39, 0.29) is 42.0 Å². The largest absolute Gasteiger partial charge is 0.396 e. The first-order chi connectivity index (χ1) is 15.6. The number of carbonyl (C=O) groups excluding carboxylic acids is 1. The number of nitrogens with zero attached hydrogens (tertiary/aromatic N) is 3. The predicted octanol–water partition coefficient (Wildman–Crippen LogP) is 3.05. The highest BCUT2D eigenvalue weighted by Gasteiger charge is 2.56. The number of amides is 1. The van der Waals surface area contributed by atoms with Crippen molar-refractivity contribution in [2.75, 3.05) is 26.2 Å². The second kappa shape index (κ2) is 9.14. The molecule has 1 aromatic rings. The van der Waals surface area contributed by atoms with E-state index in [1.54, 1.807) is 0 Å². The molecule has 5 rings (SSSR count). The predicted molar refractivity (Wildman–Crippen MR) is 125 cm³/mol. The highest BCUT2D eigenvalue weighted by atomic mass is 16.3. The molecule has 1 aliphatic carbocycles. The summed E-state index contributed by atoms with van der Waals surface area (Å²) in [6, 6.07) is 3.90. The van der Waals surface area contributed by atoms with Crippen LogP contribution >= 0.6 is 0 Å². The molecule has 3 aliphatic heterocycles. The number of carbonyl (C=O) groups is 1. The molecular formula is C26H37N3O3. The van der Waals surface area contributed by atoms with E-state index in [4.69, 9.17) is 0 Å². The third-order valence-corrected chi connectivity index (χ3v) is 8.44. The van der Waals surface area contributed by atoms with Crippen LogP contribution < -0.4 is 5.56 Å². The molecule has 4 aliphatic rings. The van der Waals surface area contributed by atoms with Crippen LogP contribution in [0.2, 0.25) is 0 Å². The minimum Gasteiger partial charge on any atom is -0.396 e. The van der Waals surface area contributed by atoms with E-state index in [1.807, 2.05) is 34.6 Å². The van der Waals surface area contributed by atoms with E-state index in [0.29, 0.717) is 18.0 Å². The fourth-order valence-electron chi connectivity index (χ4n) is 6.89. The highest BCUT2D eigenvalue weighted by Crippen LogP contribution is 2.50. The molecule has 6 heteroatoms. The van der Waals surface area contributed by atoms with Crippen LogP contribution in [0.25, 0.3) is 6.08 Å². The molecule has 0 spiro atoms. The van der Waals surface area contributed by atoms with Crippen molar-refractivity contribution in [1.82, 2.24) is 14.4 Å². The van der Waals surface area contributed by atoms with Gasteiger partial charge in [-0.25, -0.2) is 0 Å². The van der Waals surface area contributed by atoms with Gasteiger partial charge in [0.05, 0.1) is 12.0 Å². The second-order valence-electron chi connectivity index (χ2n) is 10.2. The normalized spacial score (nSPS) is 30.9. The number of pyridine rings is 1. The van der Waals surface area contributed by atoms with Crippen LogP contribution in [0.1, 0.15) is 69.2 Å². The van der Waals surface area contributed by atoms with Crippen LogP contribution in [0, 0.1) is 17.8 Å². The Bertz CT molecular complexity index is 927.